The lowest BCUT2D eigenvalue weighted by atomic mass is 10.1. The third-order valence-corrected chi connectivity index (χ3v) is 3.16. The fourth-order valence-electron chi connectivity index (χ4n) is 1.82. The van der Waals surface area contributed by atoms with Gasteiger partial charge >= 0.3 is 0 Å². The van der Waals surface area contributed by atoms with Crippen molar-refractivity contribution in [3.63, 3.8) is 0 Å². The van der Waals surface area contributed by atoms with Gasteiger partial charge in [0.15, 0.2) is 5.82 Å². The van der Waals surface area contributed by atoms with Crippen LogP contribution >= 0.6 is 23.2 Å². The van der Waals surface area contributed by atoms with E-state index in [2.05, 4.69) is 15.3 Å². The van der Waals surface area contributed by atoms with Gasteiger partial charge in [0.1, 0.15) is 5.02 Å². The van der Waals surface area contributed by atoms with Crippen molar-refractivity contribution in [2.45, 2.75) is 13.2 Å². The van der Waals surface area contributed by atoms with E-state index in [0.717, 1.165) is 5.69 Å². The van der Waals surface area contributed by atoms with Crippen LogP contribution < -0.4 is 5.32 Å². The van der Waals surface area contributed by atoms with Crippen LogP contribution in [0.5, 0.6) is 0 Å². The Morgan fingerprint density at radius 3 is 2.89 bits per heavy atom. The number of ether oxygens (including phenoxy) is 1. The molecule has 2 heterocycles. The molecule has 1 aliphatic rings. The van der Waals surface area contributed by atoms with E-state index in [1.165, 1.54) is 17.3 Å². The van der Waals surface area contributed by atoms with Gasteiger partial charge in [-0.1, -0.05) is 17.7 Å². The number of anilines is 2. The maximum atomic E-state index is 5.99. The number of nitrogens with one attached hydrogen (secondary N) is 1. The summed E-state index contributed by atoms with van der Waals surface area (Å²) < 4.78 is 5.36. The molecule has 0 saturated heterocycles. The first kappa shape index (κ1) is 11.7. The maximum Gasteiger partial charge on any atom is 0.224 e. The molecule has 92 valence electrons. The molecule has 0 unspecified atom stereocenters. The van der Waals surface area contributed by atoms with Crippen LogP contribution in [0, 0.1) is 0 Å². The zero-order chi connectivity index (χ0) is 12.5. The van der Waals surface area contributed by atoms with Crippen LogP contribution in [-0.4, -0.2) is 9.97 Å². The van der Waals surface area contributed by atoms with Crippen molar-refractivity contribution < 1.29 is 4.74 Å². The lowest BCUT2D eigenvalue weighted by Crippen LogP contribution is -1.97. The van der Waals surface area contributed by atoms with Crippen LogP contribution in [0.2, 0.25) is 10.3 Å². The average molecular weight is 282 g/mol. The molecule has 0 atom stereocenters. The molecular weight excluding hydrogens is 273 g/mol. The first-order valence-corrected chi connectivity index (χ1v) is 6.12. The lowest BCUT2D eigenvalue weighted by molar-refractivity contribution is 0.134. The highest BCUT2D eigenvalue weighted by atomic mass is 35.5. The minimum absolute atomic E-state index is 0.159. The topological polar surface area (TPSA) is 47.0 Å². The maximum absolute atomic E-state index is 5.99. The van der Waals surface area contributed by atoms with Crippen molar-refractivity contribution >= 4 is 34.7 Å². The SMILES string of the molecule is Clc1ncc(Cl)c(Nc2ccc3c(c2)COC3)n1. The molecule has 3 rings (SSSR count). The number of hydrogen-bond donors (Lipinski definition) is 1. The molecule has 0 saturated carbocycles. The summed E-state index contributed by atoms with van der Waals surface area (Å²) in [6, 6.07) is 6.01. The molecule has 4 nitrogen and oxygen atoms in total. The van der Waals surface area contributed by atoms with Crippen molar-refractivity contribution in [3.05, 3.63) is 45.8 Å². The van der Waals surface area contributed by atoms with Gasteiger partial charge in [-0.3, -0.25) is 0 Å². The summed E-state index contributed by atoms with van der Waals surface area (Å²) in [5.41, 5.74) is 3.29. The van der Waals surface area contributed by atoms with E-state index < -0.39 is 0 Å². The Labute approximate surface area is 114 Å². The normalized spacial score (nSPS) is 13.4. The number of rotatable bonds is 2. The second-order valence-electron chi connectivity index (χ2n) is 3.94. The molecule has 18 heavy (non-hydrogen) atoms. The molecule has 6 heteroatoms. The van der Waals surface area contributed by atoms with Gasteiger partial charge in [-0.2, -0.15) is 4.98 Å². The summed E-state index contributed by atoms with van der Waals surface area (Å²) in [6.07, 6.45) is 1.47. The molecule has 0 fully saturated rings. The Bertz CT molecular complexity index is 604. The second kappa shape index (κ2) is 4.72. The first-order chi connectivity index (χ1) is 8.72. The Kier molecular flexibility index (Phi) is 3.07. The van der Waals surface area contributed by atoms with E-state index in [0.29, 0.717) is 24.1 Å². The summed E-state index contributed by atoms with van der Waals surface area (Å²) in [6.45, 7) is 1.32. The Morgan fingerprint density at radius 2 is 2.00 bits per heavy atom. The summed E-state index contributed by atoms with van der Waals surface area (Å²) in [4.78, 5) is 7.84. The van der Waals surface area contributed by atoms with Gasteiger partial charge in [-0.05, 0) is 34.9 Å². The fourth-order valence-corrected chi connectivity index (χ4v) is 2.09. The number of hydrogen-bond acceptors (Lipinski definition) is 4. The van der Waals surface area contributed by atoms with E-state index in [-0.39, 0.29) is 5.28 Å². The van der Waals surface area contributed by atoms with Crippen LogP contribution in [-0.2, 0) is 18.0 Å². The number of aromatic nitrogens is 2. The minimum atomic E-state index is 0.159. The Hall–Kier alpha value is -1.36. The van der Waals surface area contributed by atoms with E-state index in [4.69, 9.17) is 27.9 Å². The largest absolute Gasteiger partial charge is 0.372 e. The molecule has 2 aromatic rings. The second-order valence-corrected chi connectivity index (χ2v) is 4.68. The molecule has 1 N–H and O–H groups in total. The summed E-state index contributed by atoms with van der Waals surface area (Å²) in [5.74, 6) is 0.496. The zero-order valence-corrected chi connectivity index (χ0v) is 10.8. The third kappa shape index (κ3) is 2.27. The molecule has 0 amide bonds. The number of benzene rings is 1. The average Bonchev–Trinajstić information content (AvgIpc) is 2.81. The van der Waals surface area contributed by atoms with Gasteiger partial charge in [0.05, 0.1) is 19.4 Å². The van der Waals surface area contributed by atoms with E-state index in [9.17, 15) is 0 Å². The summed E-state index contributed by atoms with van der Waals surface area (Å²) in [5, 5.41) is 3.71. The molecule has 0 spiro atoms. The van der Waals surface area contributed by atoms with Gasteiger partial charge in [-0.25, -0.2) is 4.98 Å². The predicted molar refractivity (Wildman–Crippen MR) is 70.3 cm³/mol. The summed E-state index contributed by atoms with van der Waals surface area (Å²) >= 11 is 11.7. The van der Waals surface area contributed by atoms with Gasteiger partial charge < -0.3 is 10.1 Å². The van der Waals surface area contributed by atoms with Gasteiger partial charge in [0, 0.05) is 5.69 Å². The smallest absolute Gasteiger partial charge is 0.224 e. The van der Waals surface area contributed by atoms with Crippen molar-refractivity contribution in [2.75, 3.05) is 5.32 Å². The minimum Gasteiger partial charge on any atom is -0.372 e. The van der Waals surface area contributed by atoms with Crippen LogP contribution in [0.4, 0.5) is 11.5 Å². The number of halogens is 2. The molecule has 1 aliphatic heterocycles. The van der Waals surface area contributed by atoms with E-state index in [1.807, 2.05) is 18.2 Å². The van der Waals surface area contributed by atoms with Crippen molar-refractivity contribution in [2.24, 2.45) is 0 Å². The highest BCUT2D eigenvalue weighted by Gasteiger charge is 2.12. The fraction of sp³-hybridized carbons (Fsp3) is 0.167. The third-order valence-electron chi connectivity index (χ3n) is 2.70. The highest BCUT2D eigenvalue weighted by Crippen LogP contribution is 2.27. The van der Waals surface area contributed by atoms with Crippen molar-refractivity contribution in [1.29, 1.82) is 0 Å². The summed E-state index contributed by atoms with van der Waals surface area (Å²) in [7, 11) is 0. The van der Waals surface area contributed by atoms with Crippen molar-refractivity contribution in [1.82, 2.24) is 9.97 Å². The molecule has 1 aromatic carbocycles. The quantitative estimate of drug-likeness (QED) is 0.855. The van der Waals surface area contributed by atoms with E-state index >= 15 is 0 Å². The zero-order valence-electron chi connectivity index (χ0n) is 9.28. The van der Waals surface area contributed by atoms with Crippen LogP contribution in [0.25, 0.3) is 0 Å². The lowest BCUT2D eigenvalue weighted by Gasteiger charge is -2.08. The first-order valence-electron chi connectivity index (χ1n) is 5.37. The van der Waals surface area contributed by atoms with Crippen molar-refractivity contribution in [3.8, 4) is 0 Å². The van der Waals surface area contributed by atoms with E-state index in [1.54, 1.807) is 0 Å². The molecular formula is C12H9Cl2N3O. The highest BCUT2D eigenvalue weighted by molar-refractivity contribution is 6.33. The number of nitrogens with zero attached hydrogens (tertiary/aromatic N) is 2. The van der Waals surface area contributed by atoms with Gasteiger partial charge in [0.2, 0.25) is 5.28 Å². The number of fused-ring (bicyclic) bond motifs is 1. The Morgan fingerprint density at radius 1 is 1.17 bits per heavy atom. The molecule has 0 radical (unpaired) electrons. The predicted octanol–water partition coefficient (Wildman–Crippen LogP) is 3.56. The molecule has 1 aromatic heterocycles. The molecule has 0 bridgehead atoms. The van der Waals surface area contributed by atoms with Crippen LogP contribution in [0.1, 0.15) is 11.1 Å². The monoisotopic (exact) mass is 281 g/mol. The molecule has 0 aliphatic carbocycles. The van der Waals surface area contributed by atoms with Gasteiger partial charge in [0.25, 0.3) is 0 Å². The van der Waals surface area contributed by atoms with Gasteiger partial charge in [-0.15, -0.1) is 0 Å². The van der Waals surface area contributed by atoms with Crippen LogP contribution in [0.15, 0.2) is 24.4 Å². The standard InChI is InChI=1S/C12H9Cl2N3O/c13-10-4-15-12(14)17-11(10)16-9-2-1-7-5-18-6-8(7)3-9/h1-4H,5-6H2,(H,15,16,17). The van der Waals surface area contributed by atoms with Crippen LogP contribution in [0.3, 0.4) is 0 Å². The Balaban J connectivity index is 1.90.